The molecule has 14 heteroatoms. The number of amides is 3. The fourth-order valence-electron chi connectivity index (χ4n) is 2.26. The summed E-state index contributed by atoms with van der Waals surface area (Å²) in [4.78, 5) is 65.7. The van der Waals surface area contributed by atoms with Crippen LogP contribution in [0.25, 0.3) is 0 Å². The smallest absolute Gasteiger partial charge is 0.408 e. The standard InChI is InChI=1S/C12H21NO5.C10H18N2O5.CH4O/c1-8(14)6-5-7-9(10(15)16)13-11(17)18-12(2,3)4;1-10(2,3)17-9(16)12-6(8(14)15)4-5-7(11)13;1-2/h9H,5-7H2,1-4H3,(H,13,17)(H,15,16);6H,4-5H2,1-3H3,(H2,11,13)(H,12,16)(H,14,15);2H,1H3/t9-;6-;/m00./s1. The molecule has 0 rings (SSSR count). The molecule has 0 aromatic rings. The minimum absolute atomic E-state index is 0.00333. The number of rotatable bonds is 11. The number of primary amides is 1. The maximum atomic E-state index is 11.4. The van der Waals surface area contributed by atoms with Crippen molar-refractivity contribution < 1.29 is 53.6 Å². The topological polar surface area (TPSA) is 232 Å². The highest BCUT2D eigenvalue weighted by atomic mass is 16.6. The molecule has 2 atom stereocenters. The lowest BCUT2D eigenvalue weighted by Gasteiger charge is -2.21. The van der Waals surface area contributed by atoms with E-state index in [0.29, 0.717) is 12.8 Å². The summed E-state index contributed by atoms with van der Waals surface area (Å²) in [5.74, 6) is -3.00. The summed E-state index contributed by atoms with van der Waals surface area (Å²) in [6.45, 7) is 11.5. The van der Waals surface area contributed by atoms with Crippen LogP contribution in [0.3, 0.4) is 0 Å². The second-order valence-corrected chi connectivity index (χ2v) is 9.67. The Morgan fingerprint density at radius 3 is 1.35 bits per heavy atom. The molecule has 3 amide bonds. The zero-order chi connectivity index (χ0) is 30.0. The lowest BCUT2D eigenvalue weighted by Crippen LogP contribution is -2.43. The zero-order valence-electron chi connectivity index (χ0n) is 22.9. The molecule has 0 unspecified atom stereocenters. The molecule has 0 fully saturated rings. The number of ketones is 1. The maximum absolute atomic E-state index is 11.4. The summed E-state index contributed by atoms with van der Waals surface area (Å²) in [6, 6.07) is -2.21. The van der Waals surface area contributed by atoms with Gasteiger partial charge in [-0.2, -0.15) is 0 Å². The van der Waals surface area contributed by atoms with Crippen LogP contribution in [0.4, 0.5) is 9.59 Å². The quantitative estimate of drug-likeness (QED) is 0.221. The van der Waals surface area contributed by atoms with Crippen molar-refractivity contribution in [2.75, 3.05) is 7.11 Å². The molecule has 216 valence electrons. The number of nitrogens with two attached hydrogens (primary N) is 1. The number of hydrogen-bond acceptors (Lipinski definition) is 9. The Hall–Kier alpha value is -3.42. The Labute approximate surface area is 217 Å². The number of carbonyl (C=O) groups is 6. The van der Waals surface area contributed by atoms with E-state index in [4.69, 9.17) is 30.5 Å². The predicted molar refractivity (Wildman–Crippen MR) is 133 cm³/mol. The van der Waals surface area contributed by atoms with Crippen molar-refractivity contribution in [1.29, 1.82) is 0 Å². The van der Waals surface area contributed by atoms with Gasteiger partial charge in [-0.1, -0.05) is 0 Å². The van der Waals surface area contributed by atoms with Gasteiger partial charge in [-0.25, -0.2) is 19.2 Å². The normalized spacial score (nSPS) is 12.1. The summed E-state index contributed by atoms with van der Waals surface area (Å²) in [5.41, 5.74) is 3.51. The van der Waals surface area contributed by atoms with Gasteiger partial charge in [0, 0.05) is 20.0 Å². The van der Waals surface area contributed by atoms with E-state index < -0.39 is 53.3 Å². The van der Waals surface area contributed by atoms with E-state index in [1.165, 1.54) is 6.92 Å². The van der Waals surface area contributed by atoms with Crippen LogP contribution in [0.5, 0.6) is 0 Å². The predicted octanol–water partition coefficient (Wildman–Crippen LogP) is 1.56. The number of ether oxygens (including phenoxy) is 2. The van der Waals surface area contributed by atoms with Gasteiger partial charge in [-0.3, -0.25) is 4.79 Å². The molecule has 0 bridgehead atoms. The molecule has 0 aromatic carbocycles. The van der Waals surface area contributed by atoms with E-state index in [1.807, 2.05) is 0 Å². The monoisotopic (exact) mass is 537 g/mol. The van der Waals surface area contributed by atoms with Crippen molar-refractivity contribution in [2.24, 2.45) is 5.73 Å². The first-order valence-electron chi connectivity index (χ1n) is 11.4. The Bertz CT molecular complexity index is 756. The minimum Gasteiger partial charge on any atom is -0.480 e. The summed E-state index contributed by atoms with van der Waals surface area (Å²) in [5, 5.41) is 29.2. The van der Waals surface area contributed by atoms with Gasteiger partial charge in [0.25, 0.3) is 0 Å². The van der Waals surface area contributed by atoms with Gasteiger partial charge >= 0.3 is 24.1 Å². The van der Waals surface area contributed by atoms with Gasteiger partial charge in [0.1, 0.15) is 29.1 Å². The first kappa shape index (κ1) is 38.1. The molecule has 0 aliphatic carbocycles. The number of carboxylic acids is 2. The highest BCUT2D eigenvalue weighted by Crippen LogP contribution is 2.09. The van der Waals surface area contributed by atoms with Crippen LogP contribution in [0.1, 0.15) is 80.6 Å². The molecule has 0 aliphatic heterocycles. The molecular formula is C23H43N3O11. The van der Waals surface area contributed by atoms with Crippen LogP contribution < -0.4 is 16.4 Å². The van der Waals surface area contributed by atoms with Gasteiger partial charge in [-0.05, 0) is 67.7 Å². The number of Topliss-reactive ketones (excluding diaryl/α,β-unsaturated/α-hetero) is 1. The van der Waals surface area contributed by atoms with Crippen LogP contribution in [-0.2, 0) is 28.7 Å². The van der Waals surface area contributed by atoms with E-state index in [-0.39, 0.29) is 25.0 Å². The summed E-state index contributed by atoms with van der Waals surface area (Å²) in [6.07, 6.45) is -0.862. The van der Waals surface area contributed by atoms with Crippen molar-refractivity contribution in [3.63, 3.8) is 0 Å². The average Bonchev–Trinajstić information content (AvgIpc) is 2.69. The Morgan fingerprint density at radius 1 is 0.730 bits per heavy atom. The number of carbonyl (C=O) groups excluding carboxylic acids is 4. The maximum Gasteiger partial charge on any atom is 0.408 e. The molecule has 14 nitrogen and oxygen atoms in total. The first-order chi connectivity index (χ1) is 16.7. The second kappa shape index (κ2) is 18.8. The molecule has 0 aromatic heterocycles. The molecule has 37 heavy (non-hydrogen) atoms. The number of aliphatic carboxylic acids is 2. The van der Waals surface area contributed by atoms with Crippen LogP contribution in [0.2, 0.25) is 0 Å². The van der Waals surface area contributed by atoms with E-state index in [9.17, 15) is 28.8 Å². The summed E-state index contributed by atoms with van der Waals surface area (Å²) < 4.78 is 9.86. The Kier molecular flexibility index (Phi) is 19.4. The molecule has 0 saturated carbocycles. The molecule has 0 heterocycles. The van der Waals surface area contributed by atoms with E-state index in [2.05, 4.69) is 10.6 Å². The molecule has 0 aliphatic rings. The number of nitrogens with one attached hydrogen (secondary N) is 2. The summed E-state index contributed by atoms with van der Waals surface area (Å²) in [7, 11) is 1.00. The Morgan fingerprint density at radius 2 is 1.08 bits per heavy atom. The third-order valence-electron chi connectivity index (χ3n) is 3.68. The van der Waals surface area contributed by atoms with E-state index in [0.717, 1.165) is 7.11 Å². The van der Waals surface area contributed by atoms with Crippen molar-refractivity contribution in [3.8, 4) is 0 Å². The molecule has 7 N–H and O–H groups in total. The third kappa shape index (κ3) is 27.0. The lowest BCUT2D eigenvalue weighted by atomic mass is 10.1. The lowest BCUT2D eigenvalue weighted by molar-refractivity contribution is -0.140. The van der Waals surface area contributed by atoms with Crippen molar-refractivity contribution >= 4 is 35.8 Å². The van der Waals surface area contributed by atoms with Gasteiger partial charge < -0.3 is 46.0 Å². The van der Waals surface area contributed by atoms with Crippen LogP contribution >= 0.6 is 0 Å². The Balaban J connectivity index is -0.000000586. The largest absolute Gasteiger partial charge is 0.480 e. The second-order valence-electron chi connectivity index (χ2n) is 9.67. The highest BCUT2D eigenvalue weighted by molar-refractivity contribution is 5.81. The van der Waals surface area contributed by atoms with Crippen LogP contribution in [0, 0.1) is 0 Å². The van der Waals surface area contributed by atoms with Gasteiger partial charge in [-0.15, -0.1) is 0 Å². The number of alkyl carbamates (subject to hydrolysis) is 2. The van der Waals surface area contributed by atoms with Crippen LogP contribution in [-0.4, -0.2) is 81.5 Å². The van der Waals surface area contributed by atoms with Crippen molar-refractivity contribution in [3.05, 3.63) is 0 Å². The number of aliphatic hydroxyl groups is 1. The van der Waals surface area contributed by atoms with E-state index in [1.54, 1.807) is 41.5 Å². The van der Waals surface area contributed by atoms with Gasteiger partial charge in [0.15, 0.2) is 0 Å². The van der Waals surface area contributed by atoms with Crippen LogP contribution in [0.15, 0.2) is 0 Å². The fraction of sp³-hybridized carbons (Fsp3) is 0.739. The number of hydrogen-bond donors (Lipinski definition) is 6. The average molecular weight is 538 g/mol. The molecule has 0 radical (unpaired) electrons. The summed E-state index contributed by atoms with van der Waals surface area (Å²) >= 11 is 0. The SMILES string of the molecule is CC(=O)CCC[C@H](NC(=O)OC(C)(C)C)C(=O)O.CC(C)(C)OC(=O)N[C@@H](CCC(N)=O)C(=O)O.CO. The zero-order valence-corrected chi connectivity index (χ0v) is 22.9. The first-order valence-corrected chi connectivity index (χ1v) is 11.4. The van der Waals surface area contributed by atoms with Gasteiger partial charge in [0.2, 0.25) is 5.91 Å². The number of carboxylic acid groups (broad SMARTS) is 2. The minimum atomic E-state index is -1.24. The van der Waals surface area contributed by atoms with Gasteiger partial charge in [0.05, 0.1) is 0 Å². The molecule has 0 saturated heterocycles. The van der Waals surface area contributed by atoms with E-state index >= 15 is 0 Å². The van der Waals surface area contributed by atoms with Crippen molar-refractivity contribution in [2.45, 2.75) is 104 Å². The fourth-order valence-corrected chi connectivity index (χ4v) is 2.26. The molecular weight excluding hydrogens is 494 g/mol. The third-order valence-corrected chi connectivity index (χ3v) is 3.68. The highest BCUT2D eigenvalue weighted by Gasteiger charge is 2.25. The number of aliphatic hydroxyl groups excluding tert-OH is 1. The molecule has 0 spiro atoms. The van der Waals surface area contributed by atoms with Crippen molar-refractivity contribution in [1.82, 2.24) is 10.6 Å².